The van der Waals surface area contributed by atoms with E-state index in [4.69, 9.17) is 10.3 Å². The van der Waals surface area contributed by atoms with Crippen molar-refractivity contribution in [1.82, 2.24) is 5.32 Å². The summed E-state index contributed by atoms with van der Waals surface area (Å²) in [5.41, 5.74) is 4.02. The number of nitriles is 1. The molecule has 0 bridgehead atoms. The standard InChI is InChI=1S/C22H23N5OS/c1-15-19(21(28)25-17-7-5-4-6-8-17)20(26-22(24-15)29-14-13-23)16-9-11-18(12-10-16)27(2)3/h4-12,20H,14H2,1-3H3,(H,24,26)(H,25,28)/t20-/m1/s1. The van der Waals surface area contributed by atoms with Crippen molar-refractivity contribution < 1.29 is 4.79 Å². The highest BCUT2D eigenvalue weighted by Gasteiger charge is 2.29. The number of hydrogen-bond donors (Lipinski definition) is 2. The molecule has 3 rings (SSSR count). The molecule has 0 radical (unpaired) electrons. The number of nitrogens with zero attached hydrogens (tertiary/aromatic N) is 3. The van der Waals surface area contributed by atoms with Gasteiger partial charge in [-0.25, -0.2) is 4.99 Å². The molecule has 1 aliphatic heterocycles. The molecule has 1 atom stereocenters. The van der Waals surface area contributed by atoms with E-state index in [9.17, 15) is 4.79 Å². The Labute approximate surface area is 175 Å². The normalized spacial score (nSPS) is 15.8. The van der Waals surface area contributed by atoms with E-state index >= 15 is 0 Å². The molecule has 0 saturated heterocycles. The molecule has 0 aromatic heterocycles. The van der Waals surface area contributed by atoms with Crippen molar-refractivity contribution in [3.05, 3.63) is 71.4 Å². The zero-order valence-electron chi connectivity index (χ0n) is 16.6. The van der Waals surface area contributed by atoms with Gasteiger partial charge in [-0.2, -0.15) is 5.26 Å². The van der Waals surface area contributed by atoms with Crippen LogP contribution in [0.15, 0.2) is 70.9 Å². The minimum Gasteiger partial charge on any atom is -0.378 e. The first-order valence-corrected chi connectivity index (χ1v) is 10.2. The van der Waals surface area contributed by atoms with Crippen LogP contribution in [-0.2, 0) is 4.79 Å². The van der Waals surface area contributed by atoms with Crippen LogP contribution in [-0.4, -0.2) is 30.9 Å². The second-order valence-electron chi connectivity index (χ2n) is 6.75. The van der Waals surface area contributed by atoms with Crippen molar-refractivity contribution >= 4 is 34.2 Å². The lowest BCUT2D eigenvalue weighted by Crippen LogP contribution is -2.32. The second-order valence-corrected chi connectivity index (χ2v) is 7.72. The molecule has 1 amide bonds. The van der Waals surface area contributed by atoms with Crippen molar-refractivity contribution in [3.8, 4) is 6.07 Å². The minimum atomic E-state index is -0.447. The van der Waals surface area contributed by atoms with Crippen LogP contribution in [0.4, 0.5) is 11.4 Å². The number of amides is 1. The fourth-order valence-corrected chi connectivity index (χ4v) is 3.64. The van der Waals surface area contributed by atoms with E-state index < -0.39 is 6.04 Å². The third-order valence-corrected chi connectivity index (χ3v) is 5.25. The van der Waals surface area contributed by atoms with Gasteiger partial charge in [0.15, 0.2) is 5.17 Å². The highest BCUT2D eigenvalue weighted by Crippen LogP contribution is 2.33. The smallest absolute Gasteiger partial charge is 0.255 e. The minimum absolute atomic E-state index is 0.198. The average molecular weight is 406 g/mol. The summed E-state index contributed by atoms with van der Waals surface area (Å²) >= 11 is 1.33. The van der Waals surface area contributed by atoms with Crippen molar-refractivity contribution in [1.29, 1.82) is 5.26 Å². The molecule has 148 valence electrons. The third kappa shape index (κ3) is 4.98. The first kappa shape index (κ1) is 20.5. The van der Waals surface area contributed by atoms with Gasteiger partial charge in [0.1, 0.15) is 6.04 Å². The molecular weight excluding hydrogens is 382 g/mol. The van der Waals surface area contributed by atoms with Crippen LogP contribution in [0.5, 0.6) is 0 Å². The van der Waals surface area contributed by atoms with Gasteiger partial charge >= 0.3 is 0 Å². The number of aliphatic imine (C=N–C) groups is 1. The molecule has 0 spiro atoms. The number of allylic oxidation sites excluding steroid dienone is 1. The van der Waals surface area contributed by atoms with E-state index in [1.807, 2.05) is 80.5 Å². The zero-order chi connectivity index (χ0) is 20.8. The van der Waals surface area contributed by atoms with E-state index in [1.165, 1.54) is 11.8 Å². The van der Waals surface area contributed by atoms with Crippen LogP contribution in [0.25, 0.3) is 0 Å². The predicted molar refractivity (Wildman–Crippen MR) is 120 cm³/mol. The van der Waals surface area contributed by atoms with Crippen molar-refractivity contribution in [2.24, 2.45) is 4.99 Å². The molecule has 0 unspecified atom stereocenters. The van der Waals surface area contributed by atoms with E-state index in [2.05, 4.69) is 16.7 Å². The Morgan fingerprint density at radius 3 is 2.52 bits per heavy atom. The first-order valence-electron chi connectivity index (χ1n) is 9.18. The van der Waals surface area contributed by atoms with E-state index in [1.54, 1.807) is 0 Å². The quantitative estimate of drug-likeness (QED) is 0.788. The maximum atomic E-state index is 13.1. The molecule has 0 fully saturated rings. The number of rotatable bonds is 5. The van der Waals surface area contributed by atoms with E-state index in [-0.39, 0.29) is 11.7 Å². The lowest BCUT2D eigenvalue weighted by atomic mass is 9.95. The molecule has 2 N–H and O–H groups in total. The van der Waals surface area contributed by atoms with Crippen LogP contribution in [0, 0.1) is 11.3 Å². The fourth-order valence-electron chi connectivity index (χ4n) is 3.03. The number of nitrogens with one attached hydrogen (secondary N) is 2. The van der Waals surface area contributed by atoms with Gasteiger partial charge in [-0.15, -0.1) is 0 Å². The van der Waals surface area contributed by atoms with Gasteiger partial charge in [0.05, 0.1) is 17.4 Å². The Morgan fingerprint density at radius 2 is 1.90 bits per heavy atom. The highest BCUT2D eigenvalue weighted by molar-refractivity contribution is 8.14. The summed E-state index contributed by atoms with van der Waals surface area (Å²) in [6.45, 7) is 1.86. The highest BCUT2D eigenvalue weighted by atomic mass is 32.2. The number of amidine groups is 1. The SMILES string of the molecule is CC1=C(C(=O)Nc2ccccc2)[C@@H](c2ccc(N(C)C)cc2)N=C(SCC#N)N1. The monoisotopic (exact) mass is 405 g/mol. The molecule has 1 aliphatic rings. The summed E-state index contributed by atoms with van der Waals surface area (Å²) in [6, 6.07) is 19.0. The van der Waals surface area contributed by atoms with Crippen LogP contribution in [0.3, 0.4) is 0 Å². The number of carbonyl (C=O) groups excluding carboxylic acids is 1. The molecular formula is C22H23N5OS. The Balaban J connectivity index is 1.95. The number of thioether (sulfide) groups is 1. The maximum Gasteiger partial charge on any atom is 0.255 e. The summed E-state index contributed by atoms with van der Waals surface area (Å²) in [7, 11) is 3.97. The van der Waals surface area contributed by atoms with E-state index in [0.717, 1.165) is 22.6 Å². The maximum absolute atomic E-state index is 13.1. The summed E-state index contributed by atoms with van der Waals surface area (Å²) in [5.74, 6) is 0.0905. The summed E-state index contributed by atoms with van der Waals surface area (Å²) < 4.78 is 0. The average Bonchev–Trinajstić information content (AvgIpc) is 2.72. The molecule has 29 heavy (non-hydrogen) atoms. The van der Waals surface area contributed by atoms with Gasteiger partial charge in [0.2, 0.25) is 0 Å². The van der Waals surface area contributed by atoms with Crippen LogP contribution < -0.4 is 15.5 Å². The molecule has 2 aromatic rings. The predicted octanol–water partition coefficient (Wildman–Crippen LogP) is 3.92. The summed E-state index contributed by atoms with van der Waals surface area (Å²) in [6.07, 6.45) is 0. The van der Waals surface area contributed by atoms with Gasteiger partial charge in [0.25, 0.3) is 5.91 Å². The van der Waals surface area contributed by atoms with Crippen molar-refractivity contribution in [2.75, 3.05) is 30.1 Å². The van der Waals surface area contributed by atoms with Crippen molar-refractivity contribution in [3.63, 3.8) is 0 Å². The molecule has 2 aromatic carbocycles. The van der Waals surface area contributed by atoms with Crippen LogP contribution >= 0.6 is 11.8 Å². The van der Waals surface area contributed by atoms with Gasteiger partial charge in [0, 0.05) is 31.2 Å². The molecule has 6 nitrogen and oxygen atoms in total. The lowest BCUT2D eigenvalue weighted by Gasteiger charge is -2.26. The fraction of sp³-hybridized carbons (Fsp3) is 0.227. The Hall–Kier alpha value is -3.24. The first-order chi connectivity index (χ1) is 14.0. The van der Waals surface area contributed by atoms with Crippen molar-refractivity contribution in [2.45, 2.75) is 13.0 Å². The number of benzene rings is 2. The van der Waals surface area contributed by atoms with Gasteiger partial charge in [-0.3, -0.25) is 4.79 Å². The molecule has 0 saturated carbocycles. The van der Waals surface area contributed by atoms with Gasteiger partial charge in [-0.05, 0) is 36.8 Å². The summed E-state index contributed by atoms with van der Waals surface area (Å²) in [4.78, 5) is 19.9. The van der Waals surface area contributed by atoms with Crippen LogP contribution in [0.1, 0.15) is 18.5 Å². The Bertz CT molecular complexity index is 975. The topological polar surface area (TPSA) is 80.5 Å². The Kier molecular flexibility index (Phi) is 6.57. The number of anilines is 2. The zero-order valence-corrected chi connectivity index (χ0v) is 17.5. The Morgan fingerprint density at radius 1 is 1.21 bits per heavy atom. The number of carbonyl (C=O) groups is 1. The van der Waals surface area contributed by atoms with Gasteiger partial charge < -0.3 is 15.5 Å². The van der Waals surface area contributed by atoms with Crippen LogP contribution in [0.2, 0.25) is 0 Å². The molecule has 7 heteroatoms. The van der Waals surface area contributed by atoms with E-state index in [0.29, 0.717) is 10.7 Å². The third-order valence-electron chi connectivity index (χ3n) is 4.49. The second kappa shape index (κ2) is 9.30. The lowest BCUT2D eigenvalue weighted by molar-refractivity contribution is -0.113. The number of hydrogen-bond acceptors (Lipinski definition) is 6. The van der Waals surface area contributed by atoms with Gasteiger partial charge in [-0.1, -0.05) is 42.1 Å². The largest absolute Gasteiger partial charge is 0.378 e. The summed E-state index contributed by atoms with van der Waals surface area (Å²) in [5, 5.41) is 15.7. The molecule has 1 heterocycles. The molecule has 0 aliphatic carbocycles. The number of para-hydroxylation sites is 1.